The molecule has 0 spiro atoms. The minimum absolute atomic E-state index is 0.00209. The molecule has 0 radical (unpaired) electrons. The highest BCUT2D eigenvalue weighted by Crippen LogP contribution is 2.18. The van der Waals surface area contributed by atoms with Gasteiger partial charge >= 0.3 is 0 Å². The van der Waals surface area contributed by atoms with E-state index in [4.69, 9.17) is 4.74 Å². The number of unbranched alkanes of at least 4 members (excludes halogenated alkanes) is 13. The van der Waals surface area contributed by atoms with Crippen LogP contribution in [0.3, 0.4) is 0 Å². The molecule has 1 aromatic carbocycles. The summed E-state index contributed by atoms with van der Waals surface area (Å²) in [7, 11) is 0. The van der Waals surface area contributed by atoms with E-state index in [0.29, 0.717) is 12.3 Å². The Bertz CT molecular complexity index is 604. The first kappa shape index (κ1) is 26.9. The fraction of sp³-hybridized carbons (Fsp3) is 0.720. The molecule has 1 rings (SSSR count). The molecule has 176 valence electrons. The lowest BCUT2D eigenvalue weighted by Gasteiger charge is -2.14. The number of non-ortho nitro benzene ring substituents is 1. The number of ether oxygens (including phenoxy) is 1. The molecule has 0 aliphatic carbocycles. The lowest BCUT2D eigenvalue weighted by atomic mass is 10.0. The quantitative estimate of drug-likeness (QED) is 0.145. The maximum atomic E-state index is 12.1. The minimum Gasteiger partial charge on any atom is -0.481 e. The van der Waals surface area contributed by atoms with Crippen LogP contribution in [-0.4, -0.2) is 23.5 Å². The third-order valence-corrected chi connectivity index (χ3v) is 5.56. The highest BCUT2D eigenvalue weighted by atomic mass is 16.6. The Balaban J connectivity index is 1.94. The van der Waals surface area contributed by atoms with Crippen LogP contribution < -0.4 is 10.1 Å². The van der Waals surface area contributed by atoms with Gasteiger partial charge in [-0.15, -0.1) is 0 Å². The van der Waals surface area contributed by atoms with Crippen LogP contribution in [0.15, 0.2) is 24.3 Å². The number of nitro benzene ring substituents is 1. The first-order chi connectivity index (χ1) is 15.0. The largest absolute Gasteiger partial charge is 0.481 e. The SMILES string of the molecule is CCCCCCCCCCCCCCCCNC(=O)C(C)Oc1ccc([N+](=O)[O-])cc1. The molecule has 0 saturated carbocycles. The smallest absolute Gasteiger partial charge is 0.269 e. The second-order valence-electron chi connectivity index (χ2n) is 8.40. The summed E-state index contributed by atoms with van der Waals surface area (Å²) in [6, 6.07) is 5.76. The molecular formula is C25H42N2O4. The predicted molar refractivity (Wildman–Crippen MR) is 127 cm³/mol. The number of benzene rings is 1. The number of nitro groups is 1. The van der Waals surface area contributed by atoms with Crippen molar-refractivity contribution in [2.75, 3.05) is 6.54 Å². The lowest BCUT2D eigenvalue weighted by Crippen LogP contribution is -2.36. The monoisotopic (exact) mass is 434 g/mol. The van der Waals surface area contributed by atoms with Gasteiger partial charge in [0.25, 0.3) is 11.6 Å². The van der Waals surface area contributed by atoms with E-state index in [-0.39, 0.29) is 11.6 Å². The highest BCUT2D eigenvalue weighted by molar-refractivity contribution is 5.80. The fourth-order valence-electron chi connectivity index (χ4n) is 3.58. The Hall–Kier alpha value is -2.11. The number of amides is 1. The topological polar surface area (TPSA) is 81.5 Å². The van der Waals surface area contributed by atoms with Crippen molar-refractivity contribution in [1.82, 2.24) is 5.32 Å². The Morgan fingerprint density at radius 3 is 1.77 bits per heavy atom. The predicted octanol–water partition coefficient (Wildman–Crippen LogP) is 6.96. The number of carbonyl (C=O) groups is 1. The zero-order valence-corrected chi connectivity index (χ0v) is 19.6. The van der Waals surface area contributed by atoms with Crippen molar-refractivity contribution in [3.63, 3.8) is 0 Å². The highest BCUT2D eigenvalue weighted by Gasteiger charge is 2.14. The van der Waals surface area contributed by atoms with E-state index in [9.17, 15) is 14.9 Å². The number of nitrogens with one attached hydrogen (secondary N) is 1. The maximum Gasteiger partial charge on any atom is 0.269 e. The van der Waals surface area contributed by atoms with Gasteiger partial charge < -0.3 is 10.1 Å². The van der Waals surface area contributed by atoms with Crippen LogP contribution in [0.1, 0.15) is 104 Å². The summed E-state index contributed by atoms with van der Waals surface area (Å²) in [6.45, 7) is 4.60. The van der Waals surface area contributed by atoms with E-state index in [2.05, 4.69) is 12.2 Å². The van der Waals surface area contributed by atoms with Crippen molar-refractivity contribution >= 4 is 11.6 Å². The molecule has 0 fully saturated rings. The van der Waals surface area contributed by atoms with Gasteiger partial charge in [-0.2, -0.15) is 0 Å². The number of rotatable bonds is 19. The first-order valence-corrected chi connectivity index (χ1v) is 12.2. The second kappa shape index (κ2) is 17.6. The molecule has 6 nitrogen and oxygen atoms in total. The molecule has 0 heterocycles. The van der Waals surface area contributed by atoms with Gasteiger partial charge in [0, 0.05) is 18.7 Å². The number of nitrogens with zero attached hydrogens (tertiary/aromatic N) is 1. The summed E-state index contributed by atoms with van der Waals surface area (Å²) in [4.78, 5) is 22.3. The van der Waals surface area contributed by atoms with Crippen molar-refractivity contribution < 1.29 is 14.5 Å². The van der Waals surface area contributed by atoms with Gasteiger partial charge in [-0.25, -0.2) is 0 Å². The molecule has 0 aromatic heterocycles. The molecule has 1 aromatic rings. The van der Waals surface area contributed by atoms with E-state index in [1.807, 2.05) is 0 Å². The van der Waals surface area contributed by atoms with Crippen molar-refractivity contribution in [1.29, 1.82) is 0 Å². The van der Waals surface area contributed by atoms with E-state index in [1.54, 1.807) is 6.92 Å². The van der Waals surface area contributed by atoms with Gasteiger partial charge in [0.05, 0.1) is 4.92 Å². The molecule has 0 aliphatic heterocycles. The third-order valence-electron chi connectivity index (χ3n) is 5.56. The molecule has 31 heavy (non-hydrogen) atoms. The normalized spacial score (nSPS) is 11.8. The van der Waals surface area contributed by atoms with Crippen LogP contribution in [0, 0.1) is 10.1 Å². The van der Waals surface area contributed by atoms with Gasteiger partial charge in [0.1, 0.15) is 5.75 Å². The van der Waals surface area contributed by atoms with Gasteiger partial charge in [-0.05, 0) is 25.5 Å². The van der Waals surface area contributed by atoms with Crippen LogP contribution in [-0.2, 0) is 4.79 Å². The van der Waals surface area contributed by atoms with Crippen molar-refractivity contribution in [2.45, 2.75) is 110 Å². The average molecular weight is 435 g/mol. The van der Waals surface area contributed by atoms with Crippen LogP contribution in [0.25, 0.3) is 0 Å². The Morgan fingerprint density at radius 2 is 1.32 bits per heavy atom. The lowest BCUT2D eigenvalue weighted by molar-refractivity contribution is -0.384. The summed E-state index contributed by atoms with van der Waals surface area (Å²) in [5, 5.41) is 13.6. The van der Waals surface area contributed by atoms with Crippen molar-refractivity contribution in [3.05, 3.63) is 34.4 Å². The molecule has 0 aliphatic rings. The van der Waals surface area contributed by atoms with Gasteiger partial charge in [-0.1, -0.05) is 90.4 Å². The van der Waals surface area contributed by atoms with E-state index in [1.165, 1.54) is 101 Å². The van der Waals surface area contributed by atoms with E-state index >= 15 is 0 Å². The summed E-state index contributed by atoms with van der Waals surface area (Å²) >= 11 is 0. The number of hydrogen-bond acceptors (Lipinski definition) is 4. The van der Waals surface area contributed by atoms with Crippen LogP contribution in [0.5, 0.6) is 5.75 Å². The fourth-order valence-corrected chi connectivity index (χ4v) is 3.58. The molecule has 6 heteroatoms. The van der Waals surface area contributed by atoms with Gasteiger partial charge in [0.2, 0.25) is 0 Å². The van der Waals surface area contributed by atoms with Crippen LogP contribution in [0.4, 0.5) is 5.69 Å². The molecule has 1 amide bonds. The maximum absolute atomic E-state index is 12.1. The second-order valence-corrected chi connectivity index (χ2v) is 8.40. The third kappa shape index (κ3) is 13.7. The van der Waals surface area contributed by atoms with Crippen molar-refractivity contribution in [2.24, 2.45) is 0 Å². The number of hydrogen-bond donors (Lipinski definition) is 1. The Morgan fingerprint density at radius 1 is 0.871 bits per heavy atom. The zero-order valence-electron chi connectivity index (χ0n) is 19.6. The minimum atomic E-state index is -0.631. The molecule has 0 bridgehead atoms. The summed E-state index contributed by atoms with van der Waals surface area (Å²) < 4.78 is 5.55. The molecular weight excluding hydrogens is 392 g/mol. The molecule has 1 unspecified atom stereocenters. The Kier molecular flexibility index (Phi) is 15.3. The first-order valence-electron chi connectivity index (χ1n) is 12.2. The van der Waals surface area contributed by atoms with E-state index in [0.717, 1.165) is 12.8 Å². The summed E-state index contributed by atoms with van der Waals surface area (Å²) in [5.41, 5.74) is 0.00209. The van der Waals surface area contributed by atoms with Crippen molar-refractivity contribution in [3.8, 4) is 5.75 Å². The summed E-state index contributed by atoms with van der Waals surface area (Å²) in [6.07, 6.45) is 17.7. The van der Waals surface area contributed by atoms with Gasteiger partial charge in [0.15, 0.2) is 6.10 Å². The van der Waals surface area contributed by atoms with Gasteiger partial charge in [-0.3, -0.25) is 14.9 Å². The standard InChI is InChI=1S/C25H42N2O4/c1-3-4-5-6-7-8-9-10-11-12-13-14-15-16-21-26-25(28)22(2)31-24-19-17-23(18-20-24)27(29)30/h17-20,22H,3-16,21H2,1-2H3,(H,26,28). The molecule has 1 N–H and O–H groups in total. The Labute approximate surface area is 188 Å². The number of carbonyl (C=O) groups excluding carboxylic acids is 1. The molecule has 1 atom stereocenters. The summed E-state index contributed by atoms with van der Waals surface area (Å²) in [5.74, 6) is 0.290. The zero-order chi connectivity index (χ0) is 22.7. The van der Waals surface area contributed by atoms with E-state index < -0.39 is 11.0 Å². The van der Waals surface area contributed by atoms with Crippen LogP contribution >= 0.6 is 0 Å². The molecule has 0 saturated heterocycles. The van der Waals surface area contributed by atoms with Crippen LogP contribution in [0.2, 0.25) is 0 Å². The average Bonchev–Trinajstić information content (AvgIpc) is 2.76.